The molecule has 3 rings (SSSR count). The Morgan fingerprint density at radius 3 is 2.76 bits per heavy atom. The van der Waals surface area contributed by atoms with E-state index in [4.69, 9.17) is 31.5 Å². The number of halogens is 1. The van der Waals surface area contributed by atoms with E-state index in [1.165, 1.54) is 0 Å². The summed E-state index contributed by atoms with van der Waals surface area (Å²) in [6.45, 7) is 5.99. The molecule has 0 spiro atoms. The van der Waals surface area contributed by atoms with Gasteiger partial charge >= 0.3 is 5.97 Å². The molecule has 180 valence electrons. The molecule has 3 unspecified atom stereocenters. The van der Waals surface area contributed by atoms with Crippen LogP contribution in [-0.4, -0.2) is 36.6 Å². The zero-order chi connectivity index (χ0) is 24.2. The van der Waals surface area contributed by atoms with Gasteiger partial charge in [0.2, 0.25) is 5.91 Å². The summed E-state index contributed by atoms with van der Waals surface area (Å²) in [5.74, 6) is -1.15. The number of carbonyl (C=O) groups excluding carboxylic acids is 3. The Morgan fingerprint density at radius 1 is 1.30 bits per heavy atom. The predicted molar refractivity (Wildman–Crippen MR) is 123 cm³/mol. The average Bonchev–Trinajstić information content (AvgIpc) is 3.18. The maximum Gasteiger partial charge on any atom is 0.340 e. The van der Waals surface area contributed by atoms with E-state index in [-0.39, 0.29) is 18.4 Å². The maximum atomic E-state index is 12.9. The van der Waals surface area contributed by atoms with Crippen LogP contribution in [0.15, 0.2) is 29.3 Å². The number of benzene rings is 1. The first kappa shape index (κ1) is 25.2. The Labute approximate surface area is 198 Å². The van der Waals surface area contributed by atoms with Gasteiger partial charge in [-0.1, -0.05) is 31.9 Å². The summed E-state index contributed by atoms with van der Waals surface area (Å²) in [6, 6.07) is 4.89. The number of rotatable bonds is 8. The number of amides is 2. The van der Waals surface area contributed by atoms with Crippen LogP contribution in [0.25, 0.3) is 0 Å². The number of anilines is 1. The third kappa shape index (κ3) is 5.93. The molecule has 0 bridgehead atoms. The lowest BCUT2D eigenvalue weighted by Gasteiger charge is -2.23. The second-order valence-electron chi connectivity index (χ2n) is 8.84. The van der Waals surface area contributed by atoms with Crippen molar-refractivity contribution in [3.05, 3.63) is 39.9 Å². The largest absolute Gasteiger partial charge is 0.463 e. The number of hydrogen-bond donors (Lipinski definition) is 2. The molecular formula is C24H31ClN2O6. The van der Waals surface area contributed by atoms with Crippen molar-refractivity contribution in [3.63, 3.8) is 0 Å². The molecule has 1 fully saturated rings. The molecule has 3 N–H and O–H groups in total. The lowest BCUT2D eigenvalue weighted by atomic mass is 9.84. The highest BCUT2D eigenvalue weighted by Gasteiger charge is 2.46. The highest BCUT2D eigenvalue weighted by molar-refractivity contribution is 6.31. The second-order valence-corrected chi connectivity index (χ2v) is 9.25. The van der Waals surface area contributed by atoms with Crippen molar-refractivity contribution in [1.29, 1.82) is 0 Å². The quantitative estimate of drug-likeness (QED) is 0.430. The van der Waals surface area contributed by atoms with E-state index >= 15 is 0 Å². The van der Waals surface area contributed by atoms with Gasteiger partial charge in [-0.05, 0) is 56.7 Å². The summed E-state index contributed by atoms with van der Waals surface area (Å²) < 4.78 is 16.9. The molecule has 1 heterocycles. The third-order valence-electron chi connectivity index (χ3n) is 5.92. The molecule has 0 aromatic heterocycles. The van der Waals surface area contributed by atoms with Crippen molar-refractivity contribution < 1.29 is 28.6 Å². The summed E-state index contributed by atoms with van der Waals surface area (Å²) in [7, 11) is 0. The molecule has 1 saturated heterocycles. The standard InChI is InChI=1S/C24H31ClN2O6/c1-4-5-10-31-23(30)24(3)13-32-22(33-24)18-12-15(7-9-19(18)25)27-21(29)17-11-14(2)6-8-16(17)20(26)28/h7,9,12,14,22H,4-6,8,10-11,13H2,1-3H3,(H2,26,28)(H,27,29). The number of nitrogens with two attached hydrogens (primary N) is 1. The van der Waals surface area contributed by atoms with Crippen LogP contribution in [-0.2, 0) is 28.6 Å². The molecule has 2 amide bonds. The number of ether oxygens (including phenoxy) is 3. The van der Waals surface area contributed by atoms with Crippen LogP contribution in [0.1, 0.15) is 64.7 Å². The van der Waals surface area contributed by atoms with Gasteiger partial charge in [0.25, 0.3) is 5.91 Å². The van der Waals surface area contributed by atoms with Crippen LogP contribution in [0.2, 0.25) is 5.02 Å². The Bertz CT molecular complexity index is 962. The third-order valence-corrected chi connectivity index (χ3v) is 6.27. The van der Waals surface area contributed by atoms with Crippen molar-refractivity contribution in [2.45, 2.75) is 64.8 Å². The van der Waals surface area contributed by atoms with Crippen LogP contribution in [0, 0.1) is 5.92 Å². The molecule has 1 aliphatic carbocycles. The molecule has 1 aromatic rings. The van der Waals surface area contributed by atoms with E-state index in [0.29, 0.717) is 46.9 Å². The molecule has 0 radical (unpaired) electrons. The van der Waals surface area contributed by atoms with Crippen molar-refractivity contribution in [1.82, 2.24) is 0 Å². The van der Waals surface area contributed by atoms with Gasteiger partial charge in [-0.2, -0.15) is 0 Å². The molecule has 1 aromatic carbocycles. The molecule has 2 aliphatic rings. The summed E-state index contributed by atoms with van der Waals surface area (Å²) in [5, 5.41) is 3.19. The van der Waals surface area contributed by atoms with E-state index in [2.05, 4.69) is 5.32 Å². The molecule has 1 aliphatic heterocycles. The summed E-state index contributed by atoms with van der Waals surface area (Å²) >= 11 is 6.36. The first-order valence-electron chi connectivity index (χ1n) is 11.2. The average molecular weight is 479 g/mol. The normalized spacial score (nSPS) is 25.1. The zero-order valence-electron chi connectivity index (χ0n) is 19.2. The SMILES string of the molecule is CCCCOC(=O)C1(C)COC(c2cc(NC(=O)C3=C(C(N)=O)CCC(C)C3)ccc2Cl)O1. The first-order chi connectivity index (χ1) is 15.6. The lowest BCUT2D eigenvalue weighted by Crippen LogP contribution is -2.39. The Morgan fingerprint density at radius 2 is 2.06 bits per heavy atom. The summed E-state index contributed by atoms with van der Waals surface area (Å²) in [4.78, 5) is 37.2. The number of esters is 1. The Balaban J connectivity index is 1.74. The van der Waals surface area contributed by atoms with E-state index < -0.39 is 23.8 Å². The van der Waals surface area contributed by atoms with E-state index in [0.717, 1.165) is 19.3 Å². The molecule has 0 saturated carbocycles. The van der Waals surface area contributed by atoms with E-state index in [9.17, 15) is 14.4 Å². The Kier molecular flexibility index (Phi) is 8.15. The molecule has 33 heavy (non-hydrogen) atoms. The molecule has 8 nitrogen and oxygen atoms in total. The van der Waals surface area contributed by atoms with E-state index in [1.54, 1.807) is 25.1 Å². The number of hydrogen-bond acceptors (Lipinski definition) is 6. The zero-order valence-corrected chi connectivity index (χ0v) is 20.0. The fourth-order valence-corrected chi connectivity index (χ4v) is 4.09. The second kappa shape index (κ2) is 10.7. The summed E-state index contributed by atoms with van der Waals surface area (Å²) in [6.07, 6.45) is 2.57. The van der Waals surface area contributed by atoms with Crippen LogP contribution < -0.4 is 11.1 Å². The number of unbranched alkanes of at least 4 members (excludes halogenated alkanes) is 1. The van der Waals surface area contributed by atoms with Crippen molar-refractivity contribution in [2.75, 3.05) is 18.5 Å². The van der Waals surface area contributed by atoms with Crippen LogP contribution in [0.3, 0.4) is 0 Å². The molecule has 9 heteroatoms. The van der Waals surface area contributed by atoms with E-state index in [1.807, 2.05) is 13.8 Å². The van der Waals surface area contributed by atoms with Gasteiger partial charge in [0.05, 0.1) is 13.2 Å². The maximum absolute atomic E-state index is 12.9. The van der Waals surface area contributed by atoms with Gasteiger partial charge in [-0.3, -0.25) is 9.59 Å². The van der Waals surface area contributed by atoms with Gasteiger partial charge in [0, 0.05) is 27.4 Å². The fraction of sp³-hybridized carbons (Fsp3) is 0.542. The van der Waals surface area contributed by atoms with Crippen LogP contribution in [0.5, 0.6) is 0 Å². The van der Waals surface area contributed by atoms with Crippen LogP contribution >= 0.6 is 11.6 Å². The lowest BCUT2D eigenvalue weighted by molar-refractivity contribution is -0.170. The van der Waals surface area contributed by atoms with Crippen molar-refractivity contribution in [3.8, 4) is 0 Å². The van der Waals surface area contributed by atoms with Gasteiger partial charge in [-0.25, -0.2) is 4.79 Å². The van der Waals surface area contributed by atoms with Gasteiger partial charge < -0.3 is 25.3 Å². The topological polar surface area (TPSA) is 117 Å². The highest BCUT2D eigenvalue weighted by atomic mass is 35.5. The Hall–Kier alpha value is -2.42. The highest BCUT2D eigenvalue weighted by Crippen LogP contribution is 2.38. The molecular weight excluding hydrogens is 448 g/mol. The fourth-order valence-electron chi connectivity index (χ4n) is 3.89. The monoisotopic (exact) mass is 478 g/mol. The number of carbonyl (C=O) groups is 3. The van der Waals surface area contributed by atoms with Crippen molar-refractivity contribution >= 4 is 35.1 Å². The predicted octanol–water partition coefficient (Wildman–Crippen LogP) is 4.03. The minimum absolute atomic E-state index is 0.0162. The van der Waals surface area contributed by atoms with Crippen LogP contribution in [0.4, 0.5) is 5.69 Å². The van der Waals surface area contributed by atoms with Gasteiger partial charge in [0.15, 0.2) is 11.9 Å². The van der Waals surface area contributed by atoms with Gasteiger partial charge in [0.1, 0.15) is 0 Å². The number of primary amides is 1. The first-order valence-corrected chi connectivity index (χ1v) is 11.6. The number of nitrogens with one attached hydrogen (secondary N) is 1. The molecule has 3 atom stereocenters. The summed E-state index contributed by atoms with van der Waals surface area (Å²) in [5.41, 5.74) is 5.95. The minimum atomic E-state index is -1.25. The van der Waals surface area contributed by atoms with Gasteiger partial charge in [-0.15, -0.1) is 0 Å². The van der Waals surface area contributed by atoms with Crippen molar-refractivity contribution in [2.24, 2.45) is 11.7 Å². The minimum Gasteiger partial charge on any atom is -0.463 e. The smallest absolute Gasteiger partial charge is 0.340 e.